The van der Waals surface area contributed by atoms with Crippen LogP contribution in [0.25, 0.3) is 0 Å². The summed E-state index contributed by atoms with van der Waals surface area (Å²) in [5.74, 6) is 0. The molecule has 0 aliphatic heterocycles. The Morgan fingerprint density at radius 3 is 2.94 bits per heavy atom. The summed E-state index contributed by atoms with van der Waals surface area (Å²) in [6.45, 7) is 1.61. The van der Waals surface area contributed by atoms with Gasteiger partial charge in [0.2, 0.25) is 0 Å². The van der Waals surface area contributed by atoms with Crippen LogP contribution in [0.3, 0.4) is 0 Å². The summed E-state index contributed by atoms with van der Waals surface area (Å²) in [6.07, 6.45) is 1.23. The summed E-state index contributed by atoms with van der Waals surface area (Å²) in [4.78, 5) is 0.0785. The number of hydrogen-bond donors (Lipinski definition) is 2. The number of nitrogens with one attached hydrogen (secondary N) is 2. The van der Waals surface area contributed by atoms with E-state index in [-0.39, 0.29) is 4.90 Å². The Morgan fingerprint density at radius 1 is 1.59 bits per heavy atom. The lowest BCUT2D eigenvalue weighted by atomic mass is 10.4. The number of hydrogen-bond acceptors (Lipinski definition) is 5. The molecule has 2 N–H and O–H groups in total. The van der Waals surface area contributed by atoms with Gasteiger partial charge in [-0.15, -0.1) is 11.3 Å². The second-order valence-corrected chi connectivity index (χ2v) is 5.81. The number of sulfonamides is 1. The zero-order chi connectivity index (χ0) is 12.5. The second kappa shape index (κ2) is 4.20. The number of nitrogens with zero attached hydrogens (tertiary/aromatic N) is 2. The molecule has 2 aromatic heterocycles. The number of anilines is 1. The lowest BCUT2D eigenvalue weighted by Crippen LogP contribution is -2.13. The van der Waals surface area contributed by atoms with Crippen LogP contribution >= 0.6 is 11.3 Å². The summed E-state index contributed by atoms with van der Waals surface area (Å²) in [5.41, 5.74) is 0.757. The van der Waals surface area contributed by atoms with E-state index in [1.165, 1.54) is 6.20 Å². The predicted octanol–water partition coefficient (Wildman–Crippen LogP) is 1.45. The number of H-pyrrole nitrogens is 1. The third-order valence-electron chi connectivity index (χ3n) is 2.09. The van der Waals surface area contributed by atoms with Gasteiger partial charge in [0.25, 0.3) is 10.0 Å². The smallest absolute Gasteiger partial charge is 0.265 e. The Labute approximate surface area is 102 Å². The molecule has 6 nitrogen and oxygen atoms in total. The lowest BCUT2D eigenvalue weighted by Gasteiger charge is -2.04. The minimum absolute atomic E-state index is 0.0785. The van der Waals surface area contributed by atoms with Crippen LogP contribution in [0, 0.1) is 18.3 Å². The van der Waals surface area contributed by atoms with Crippen molar-refractivity contribution in [2.45, 2.75) is 11.8 Å². The van der Waals surface area contributed by atoms with Crippen molar-refractivity contribution in [2.75, 3.05) is 4.72 Å². The summed E-state index contributed by atoms with van der Waals surface area (Å²) < 4.78 is 26.3. The van der Waals surface area contributed by atoms with E-state index in [0.717, 1.165) is 11.3 Å². The molecular formula is C9H8N4O2S2. The van der Waals surface area contributed by atoms with E-state index < -0.39 is 10.0 Å². The monoisotopic (exact) mass is 268 g/mol. The Bertz CT molecular complexity index is 678. The molecule has 0 bridgehead atoms. The van der Waals surface area contributed by atoms with Gasteiger partial charge in [-0.25, -0.2) is 8.42 Å². The minimum atomic E-state index is -3.69. The maximum absolute atomic E-state index is 12.0. The Kier molecular flexibility index (Phi) is 2.87. The van der Waals surface area contributed by atoms with Gasteiger partial charge in [-0.05, 0) is 18.4 Å². The van der Waals surface area contributed by atoms with Crippen molar-refractivity contribution < 1.29 is 8.42 Å². The Hall–Kier alpha value is -1.85. The Balaban J connectivity index is 2.38. The van der Waals surface area contributed by atoms with E-state index in [1.54, 1.807) is 18.4 Å². The van der Waals surface area contributed by atoms with Crippen molar-refractivity contribution in [1.29, 1.82) is 5.26 Å². The van der Waals surface area contributed by atoms with Gasteiger partial charge in [-0.1, -0.05) is 0 Å². The standard InChI is InChI=1S/C9H8N4O2S2/c1-6-8(5-11-12-6)17(14,15)13-9-7(4-10)2-3-16-9/h2-3,5,13H,1H3,(H,11,12). The molecule has 0 spiro atoms. The first-order valence-electron chi connectivity index (χ1n) is 4.55. The number of aromatic nitrogens is 2. The van der Waals surface area contributed by atoms with Crippen LogP contribution in [0.4, 0.5) is 5.00 Å². The first kappa shape index (κ1) is 11.6. The molecule has 8 heteroatoms. The molecule has 0 unspecified atom stereocenters. The fourth-order valence-electron chi connectivity index (χ4n) is 1.26. The summed E-state index contributed by atoms with van der Waals surface area (Å²) >= 11 is 1.16. The topological polar surface area (TPSA) is 98.6 Å². The van der Waals surface area contributed by atoms with Gasteiger partial charge in [0.1, 0.15) is 16.0 Å². The van der Waals surface area contributed by atoms with Crippen LogP contribution in [0.5, 0.6) is 0 Å². The van der Waals surface area contributed by atoms with Crippen molar-refractivity contribution in [3.63, 3.8) is 0 Å². The van der Waals surface area contributed by atoms with E-state index in [4.69, 9.17) is 5.26 Å². The fraction of sp³-hybridized carbons (Fsp3) is 0.111. The molecule has 0 amide bonds. The molecule has 2 aromatic rings. The van der Waals surface area contributed by atoms with Gasteiger partial charge in [0.05, 0.1) is 17.5 Å². The molecule has 0 saturated carbocycles. The van der Waals surface area contributed by atoms with Gasteiger partial charge >= 0.3 is 0 Å². The number of nitriles is 1. The molecule has 88 valence electrons. The SMILES string of the molecule is Cc1[nH]ncc1S(=O)(=O)Nc1sccc1C#N. The molecule has 0 atom stereocenters. The molecule has 0 saturated heterocycles. The third-order valence-corrected chi connectivity index (χ3v) is 4.51. The maximum atomic E-state index is 12.0. The molecular weight excluding hydrogens is 260 g/mol. The van der Waals surface area contributed by atoms with Gasteiger partial charge in [0, 0.05) is 0 Å². The van der Waals surface area contributed by atoms with E-state index in [2.05, 4.69) is 14.9 Å². The number of aromatic amines is 1. The molecule has 17 heavy (non-hydrogen) atoms. The normalized spacial score (nSPS) is 11.1. The van der Waals surface area contributed by atoms with E-state index in [1.807, 2.05) is 6.07 Å². The minimum Gasteiger partial charge on any atom is -0.281 e. The van der Waals surface area contributed by atoms with Crippen molar-refractivity contribution in [3.05, 3.63) is 28.9 Å². The Morgan fingerprint density at radius 2 is 2.35 bits per heavy atom. The van der Waals surface area contributed by atoms with Crippen LogP contribution in [0.1, 0.15) is 11.3 Å². The second-order valence-electron chi connectivity index (χ2n) is 3.24. The highest BCUT2D eigenvalue weighted by molar-refractivity contribution is 7.93. The van der Waals surface area contributed by atoms with Crippen LogP contribution in [0.2, 0.25) is 0 Å². The fourth-order valence-corrected chi connectivity index (χ4v) is 3.47. The van der Waals surface area contributed by atoms with E-state index >= 15 is 0 Å². The molecule has 0 fully saturated rings. The third kappa shape index (κ3) is 2.15. The average Bonchev–Trinajstić information content (AvgIpc) is 2.86. The van der Waals surface area contributed by atoms with Crippen molar-refractivity contribution >= 4 is 26.4 Å². The van der Waals surface area contributed by atoms with Crippen molar-refractivity contribution in [1.82, 2.24) is 10.2 Å². The van der Waals surface area contributed by atoms with Crippen molar-refractivity contribution in [3.8, 4) is 6.07 Å². The molecule has 0 radical (unpaired) electrons. The van der Waals surface area contributed by atoms with Crippen LogP contribution in [0.15, 0.2) is 22.5 Å². The lowest BCUT2D eigenvalue weighted by molar-refractivity contribution is 0.601. The first-order chi connectivity index (χ1) is 8.04. The summed E-state index contributed by atoms with van der Waals surface area (Å²) in [6, 6.07) is 3.48. The van der Waals surface area contributed by atoms with E-state index in [0.29, 0.717) is 16.3 Å². The molecule has 2 rings (SSSR count). The van der Waals surface area contributed by atoms with Crippen LogP contribution in [-0.4, -0.2) is 18.6 Å². The first-order valence-corrected chi connectivity index (χ1v) is 6.91. The highest BCUT2D eigenvalue weighted by Crippen LogP contribution is 2.25. The quantitative estimate of drug-likeness (QED) is 0.880. The zero-order valence-electron chi connectivity index (χ0n) is 8.76. The highest BCUT2D eigenvalue weighted by Gasteiger charge is 2.20. The van der Waals surface area contributed by atoms with Crippen LogP contribution < -0.4 is 4.72 Å². The van der Waals surface area contributed by atoms with Gasteiger partial charge in [0.15, 0.2) is 0 Å². The van der Waals surface area contributed by atoms with Crippen LogP contribution in [-0.2, 0) is 10.0 Å². The van der Waals surface area contributed by atoms with E-state index in [9.17, 15) is 8.42 Å². The summed E-state index contributed by atoms with van der Waals surface area (Å²) in [5, 5.41) is 17.0. The number of rotatable bonds is 3. The highest BCUT2D eigenvalue weighted by atomic mass is 32.2. The average molecular weight is 268 g/mol. The van der Waals surface area contributed by atoms with Gasteiger partial charge in [-0.2, -0.15) is 10.4 Å². The predicted molar refractivity (Wildman–Crippen MR) is 63.2 cm³/mol. The number of thiophene rings is 1. The molecule has 0 aliphatic carbocycles. The van der Waals surface area contributed by atoms with Crippen molar-refractivity contribution in [2.24, 2.45) is 0 Å². The summed E-state index contributed by atoms with van der Waals surface area (Å²) in [7, 11) is -3.69. The van der Waals surface area contributed by atoms with Gasteiger partial charge < -0.3 is 0 Å². The molecule has 0 aliphatic rings. The molecule has 0 aromatic carbocycles. The zero-order valence-corrected chi connectivity index (χ0v) is 10.4. The molecule has 2 heterocycles. The maximum Gasteiger partial charge on any atom is 0.265 e. The number of aryl methyl sites for hydroxylation is 1. The largest absolute Gasteiger partial charge is 0.281 e. The van der Waals surface area contributed by atoms with Gasteiger partial charge in [-0.3, -0.25) is 9.82 Å².